The minimum Gasteiger partial charge on any atom is -0.501 e. The highest BCUT2D eigenvalue weighted by Crippen LogP contribution is 2.27. The molecule has 2 aromatic rings. The molecule has 3 heterocycles. The molecule has 0 aliphatic carbocycles. The summed E-state index contributed by atoms with van der Waals surface area (Å²) in [5, 5.41) is 14.7. The Balaban J connectivity index is 1.83. The van der Waals surface area contributed by atoms with Gasteiger partial charge in [0.25, 0.3) is 11.5 Å². The number of carbonyl (C=O) groups excluding carboxylic acids is 1. The molecule has 1 amide bonds. The molecular weight excluding hydrogens is 330 g/mol. The Morgan fingerprint density at radius 3 is 3.04 bits per heavy atom. The van der Waals surface area contributed by atoms with Crippen LogP contribution in [0.15, 0.2) is 22.3 Å². The maximum absolute atomic E-state index is 12.3. The second-order valence-corrected chi connectivity index (χ2v) is 7.07. The lowest BCUT2D eigenvalue weighted by Crippen LogP contribution is -2.42. The van der Waals surface area contributed by atoms with Crippen molar-refractivity contribution >= 4 is 17.2 Å². The summed E-state index contributed by atoms with van der Waals surface area (Å²) in [6.07, 6.45) is 0.683. The molecule has 8 heteroatoms. The summed E-state index contributed by atoms with van der Waals surface area (Å²) < 4.78 is 6.98. The van der Waals surface area contributed by atoms with Gasteiger partial charge in [-0.15, -0.1) is 11.3 Å². The Morgan fingerprint density at radius 2 is 2.33 bits per heavy atom. The lowest BCUT2D eigenvalue weighted by atomic mass is 10.1. The van der Waals surface area contributed by atoms with Crippen molar-refractivity contribution in [3.63, 3.8) is 0 Å². The van der Waals surface area contributed by atoms with Gasteiger partial charge >= 0.3 is 0 Å². The smallest absolute Gasteiger partial charge is 0.296 e. The van der Waals surface area contributed by atoms with E-state index >= 15 is 0 Å². The molecule has 0 fully saturated rings. The van der Waals surface area contributed by atoms with Gasteiger partial charge in [0.05, 0.1) is 13.2 Å². The monoisotopic (exact) mass is 349 g/mol. The Labute approximate surface area is 142 Å². The fourth-order valence-electron chi connectivity index (χ4n) is 2.66. The lowest BCUT2D eigenvalue weighted by molar-refractivity contribution is -0.0566. The van der Waals surface area contributed by atoms with E-state index in [0.717, 1.165) is 4.88 Å². The van der Waals surface area contributed by atoms with Gasteiger partial charge in [-0.1, -0.05) is 6.07 Å². The lowest BCUT2D eigenvalue weighted by Gasteiger charge is -2.32. The number of rotatable bonds is 4. The van der Waals surface area contributed by atoms with Crippen LogP contribution in [0.2, 0.25) is 0 Å². The first kappa shape index (κ1) is 16.7. The third-order valence-electron chi connectivity index (χ3n) is 3.91. The Kier molecular flexibility index (Phi) is 4.42. The normalized spacial score (nSPS) is 15.8. The third-order valence-corrected chi connectivity index (χ3v) is 4.85. The fourth-order valence-corrected chi connectivity index (χ4v) is 3.37. The molecule has 24 heavy (non-hydrogen) atoms. The molecule has 7 nitrogen and oxygen atoms in total. The van der Waals surface area contributed by atoms with E-state index in [0.29, 0.717) is 31.9 Å². The second kappa shape index (κ2) is 6.37. The summed E-state index contributed by atoms with van der Waals surface area (Å²) in [5.41, 5.74) is -1.66. The quantitative estimate of drug-likeness (QED) is 0.866. The van der Waals surface area contributed by atoms with Crippen LogP contribution in [-0.2, 0) is 23.3 Å². The molecule has 0 saturated carbocycles. The average molecular weight is 349 g/mol. The van der Waals surface area contributed by atoms with Crippen LogP contribution in [0.4, 0.5) is 0 Å². The van der Waals surface area contributed by atoms with E-state index in [4.69, 9.17) is 4.74 Å². The minimum absolute atomic E-state index is 0.254. The van der Waals surface area contributed by atoms with Crippen molar-refractivity contribution in [2.75, 3.05) is 13.2 Å². The number of hydrogen-bond acceptors (Lipinski definition) is 6. The van der Waals surface area contributed by atoms with Gasteiger partial charge in [-0.2, -0.15) is 0 Å². The molecule has 128 valence electrons. The van der Waals surface area contributed by atoms with Crippen molar-refractivity contribution in [3.8, 4) is 5.75 Å². The number of fused-ring (bicyclic) bond motifs is 1. The van der Waals surface area contributed by atoms with E-state index in [1.807, 2.05) is 17.5 Å². The van der Waals surface area contributed by atoms with Crippen molar-refractivity contribution < 1.29 is 14.6 Å². The second-order valence-electron chi connectivity index (χ2n) is 6.03. The van der Waals surface area contributed by atoms with Crippen LogP contribution in [0.5, 0.6) is 5.75 Å². The molecule has 0 unspecified atom stereocenters. The van der Waals surface area contributed by atoms with Gasteiger partial charge in [0, 0.05) is 11.4 Å². The number of aromatic hydroxyl groups is 1. The molecule has 0 aromatic carbocycles. The topological polar surface area (TPSA) is 93.5 Å². The number of thiophene rings is 1. The standard InChI is InChI=1S/C16H19N3O4S/c1-16(2)15-18-11(12(20)14(22)19(15)7-8-23-16)13(21)17-6-5-10-4-3-9-24-10/h3-4,9,20H,5-8H2,1-2H3,(H,17,21). The van der Waals surface area contributed by atoms with Gasteiger partial charge in [-0.3, -0.25) is 14.2 Å². The van der Waals surface area contributed by atoms with Crippen molar-refractivity contribution in [2.24, 2.45) is 0 Å². The van der Waals surface area contributed by atoms with Gasteiger partial charge in [0.2, 0.25) is 5.75 Å². The number of carbonyl (C=O) groups is 1. The summed E-state index contributed by atoms with van der Waals surface area (Å²) in [6, 6.07) is 3.93. The maximum Gasteiger partial charge on any atom is 0.296 e. The van der Waals surface area contributed by atoms with Crippen LogP contribution >= 0.6 is 11.3 Å². The molecule has 0 radical (unpaired) electrons. The molecule has 0 bridgehead atoms. The van der Waals surface area contributed by atoms with E-state index < -0.39 is 22.8 Å². The highest BCUT2D eigenvalue weighted by Gasteiger charge is 2.34. The summed E-state index contributed by atoms with van der Waals surface area (Å²) in [5.74, 6) is -0.837. The number of ether oxygens (including phenoxy) is 1. The fraction of sp³-hybridized carbons (Fsp3) is 0.438. The van der Waals surface area contributed by atoms with Crippen molar-refractivity contribution in [2.45, 2.75) is 32.4 Å². The Hall–Kier alpha value is -2.19. The van der Waals surface area contributed by atoms with E-state index in [-0.39, 0.29) is 5.69 Å². The van der Waals surface area contributed by atoms with E-state index in [2.05, 4.69) is 10.3 Å². The molecular formula is C16H19N3O4S. The first-order chi connectivity index (χ1) is 11.4. The molecule has 1 aliphatic heterocycles. The van der Waals surface area contributed by atoms with Crippen molar-refractivity contribution in [1.82, 2.24) is 14.9 Å². The molecule has 1 aliphatic rings. The van der Waals surface area contributed by atoms with Gasteiger partial charge in [0.1, 0.15) is 11.4 Å². The van der Waals surface area contributed by atoms with Crippen LogP contribution in [-0.4, -0.2) is 33.7 Å². The van der Waals surface area contributed by atoms with Crippen LogP contribution in [0.3, 0.4) is 0 Å². The van der Waals surface area contributed by atoms with E-state index in [1.165, 1.54) is 4.57 Å². The predicted molar refractivity (Wildman–Crippen MR) is 89.5 cm³/mol. The number of aromatic nitrogens is 2. The van der Waals surface area contributed by atoms with Gasteiger partial charge in [-0.05, 0) is 31.7 Å². The Bertz CT molecular complexity index is 811. The van der Waals surface area contributed by atoms with Gasteiger partial charge < -0.3 is 15.2 Å². The van der Waals surface area contributed by atoms with Crippen molar-refractivity contribution in [3.05, 3.63) is 44.3 Å². The first-order valence-corrected chi connectivity index (χ1v) is 8.57. The zero-order valence-corrected chi connectivity index (χ0v) is 14.4. The maximum atomic E-state index is 12.3. The zero-order chi connectivity index (χ0) is 17.3. The predicted octanol–water partition coefficient (Wildman–Crippen LogP) is 1.25. The SMILES string of the molecule is CC1(C)OCCn2c1nc(C(=O)NCCc1cccs1)c(O)c2=O. The molecule has 2 N–H and O–H groups in total. The number of nitrogens with zero attached hydrogens (tertiary/aromatic N) is 2. The van der Waals surface area contributed by atoms with Gasteiger partial charge in [-0.25, -0.2) is 4.98 Å². The number of nitrogens with one attached hydrogen (secondary N) is 1. The molecule has 0 spiro atoms. The summed E-state index contributed by atoms with van der Waals surface area (Å²) in [7, 11) is 0. The Morgan fingerprint density at radius 1 is 1.54 bits per heavy atom. The number of amides is 1. The highest BCUT2D eigenvalue weighted by molar-refractivity contribution is 7.09. The molecule has 2 aromatic heterocycles. The van der Waals surface area contributed by atoms with Crippen LogP contribution in [0.1, 0.15) is 35.0 Å². The van der Waals surface area contributed by atoms with Crippen LogP contribution in [0, 0.1) is 0 Å². The summed E-state index contributed by atoms with van der Waals surface area (Å²) in [6.45, 7) is 4.62. The minimum atomic E-state index is -0.795. The number of hydrogen-bond donors (Lipinski definition) is 2. The highest BCUT2D eigenvalue weighted by atomic mass is 32.1. The van der Waals surface area contributed by atoms with Gasteiger partial charge in [0.15, 0.2) is 5.69 Å². The van der Waals surface area contributed by atoms with E-state index in [1.54, 1.807) is 25.2 Å². The van der Waals surface area contributed by atoms with Crippen LogP contribution < -0.4 is 10.9 Å². The van der Waals surface area contributed by atoms with Crippen molar-refractivity contribution in [1.29, 1.82) is 0 Å². The average Bonchev–Trinajstić information content (AvgIpc) is 3.04. The summed E-state index contributed by atoms with van der Waals surface area (Å²) in [4.78, 5) is 30.0. The molecule has 0 atom stereocenters. The zero-order valence-electron chi connectivity index (χ0n) is 13.5. The third kappa shape index (κ3) is 3.07. The largest absolute Gasteiger partial charge is 0.501 e. The first-order valence-electron chi connectivity index (χ1n) is 7.69. The summed E-state index contributed by atoms with van der Waals surface area (Å²) >= 11 is 1.61. The van der Waals surface area contributed by atoms with Crippen LogP contribution in [0.25, 0.3) is 0 Å². The molecule has 3 rings (SSSR count). The molecule has 0 saturated heterocycles. The van der Waals surface area contributed by atoms with E-state index in [9.17, 15) is 14.7 Å².